The van der Waals surface area contributed by atoms with Gasteiger partial charge >= 0.3 is 5.97 Å². The number of aliphatic carboxylic acids is 1. The van der Waals surface area contributed by atoms with Crippen LogP contribution >= 0.6 is 0 Å². The summed E-state index contributed by atoms with van der Waals surface area (Å²) in [5, 5.41) is 31.1. The fraction of sp³-hybridized carbons (Fsp3) is 0.636. The molecule has 0 aliphatic rings. The van der Waals surface area contributed by atoms with Gasteiger partial charge in [0.15, 0.2) is 6.04 Å². The summed E-state index contributed by atoms with van der Waals surface area (Å²) in [5.41, 5.74) is 10.2. The molecule has 0 bridgehead atoms. The second-order valence-electron chi connectivity index (χ2n) is 4.59. The number of amides is 3. The first-order chi connectivity index (χ1) is 10.1. The van der Waals surface area contributed by atoms with E-state index in [2.05, 4.69) is 0 Å². The topological polar surface area (TPSA) is 205 Å². The van der Waals surface area contributed by atoms with E-state index in [4.69, 9.17) is 21.7 Å². The molecule has 9 N–H and O–H groups in total. The Hall–Kier alpha value is -2.24. The minimum absolute atomic E-state index is 0.461. The van der Waals surface area contributed by atoms with E-state index in [1.807, 2.05) is 10.6 Å². The largest absolute Gasteiger partial charge is 0.480 e. The van der Waals surface area contributed by atoms with Crippen molar-refractivity contribution in [3.8, 4) is 0 Å². The fourth-order valence-corrected chi connectivity index (χ4v) is 1.42. The normalized spacial score (nSPS) is 16.0. The summed E-state index contributed by atoms with van der Waals surface area (Å²) >= 11 is 0. The van der Waals surface area contributed by atoms with Crippen molar-refractivity contribution in [3.05, 3.63) is 0 Å². The second kappa shape index (κ2) is 8.92. The van der Waals surface area contributed by atoms with Crippen molar-refractivity contribution in [2.75, 3.05) is 6.61 Å². The highest BCUT2D eigenvalue weighted by Gasteiger charge is 2.30. The first-order valence-electron chi connectivity index (χ1n) is 6.26. The molecule has 3 amide bonds. The SMILES string of the molecule is C[C@@H](O)[C@H](NC(=O)[C@H](CO)NC(=O)[C@@H](N)CC(N)=O)C(=O)O. The summed E-state index contributed by atoms with van der Waals surface area (Å²) in [7, 11) is 0. The lowest BCUT2D eigenvalue weighted by Crippen LogP contribution is -2.57. The van der Waals surface area contributed by atoms with Gasteiger partial charge in [0.1, 0.15) is 6.04 Å². The van der Waals surface area contributed by atoms with Crippen molar-refractivity contribution in [1.82, 2.24) is 10.6 Å². The maximum absolute atomic E-state index is 11.8. The lowest BCUT2D eigenvalue weighted by Gasteiger charge is -2.22. The standard InChI is InChI=1S/C11H20N4O7/c1-4(17)8(11(21)22)15-10(20)6(3-16)14-9(19)5(12)2-7(13)18/h4-6,8,16-17H,2-3,12H2,1H3,(H2,13,18)(H,14,19)(H,15,20)(H,21,22)/t4-,5+,6+,8+/m1/s1. The Balaban J connectivity index is 4.75. The van der Waals surface area contributed by atoms with Crippen LogP contribution in [0.5, 0.6) is 0 Å². The van der Waals surface area contributed by atoms with Crippen molar-refractivity contribution in [3.63, 3.8) is 0 Å². The zero-order valence-electron chi connectivity index (χ0n) is 11.9. The molecular formula is C11H20N4O7. The molecule has 0 fully saturated rings. The number of nitrogens with two attached hydrogens (primary N) is 2. The van der Waals surface area contributed by atoms with Gasteiger partial charge < -0.3 is 37.4 Å². The highest BCUT2D eigenvalue weighted by Crippen LogP contribution is 1.96. The highest BCUT2D eigenvalue weighted by molar-refractivity contribution is 5.93. The van der Waals surface area contributed by atoms with Gasteiger partial charge in [0.05, 0.1) is 25.2 Å². The lowest BCUT2D eigenvalue weighted by molar-refractivity contribution is -0.145. The minimum atomic E-state index is -1.61. The van der Waals surface area contributed by atoms with Gasteiger partial charge in [0, 0.05) is 0 Å². The number of aliphatic hydroxyl groups excluding tert-OH is 2. The number of carbonyl (C=O) groups excluding carboxylic acids is 3. The molecule has 11 heteroatoms. The molecule has 0 saturated carbocycles. The second-order valence-corrected chi connectivity index (χ2v) is 4.59. The predicted molar refractivity (Wildman–Crippen MR) is 72.1 cm³/mol. The van der Waals surface area contributed by atoms with Crippen LogP contribution in [-0.2, 0) is 19.2 Å². The Morgan fingerprint density at radius 1 is 1.14 bits per heavy atom. The van der Waals surface area contributed by atoms with Gasteiger partial charge in [-0.3, -0.25) is 14.4 Å². The molecule has 0 aromatic carbocycles. The maximum atomic E-state index is 11.8. The number of nitrogens with one attached hydrogen (secondary N) is 2. The Labute approximate surface area is 125 Å². The third-order valence-electron chi connectivity index (χ3n) is 2.62. The van der Waals surface area contributed by atoms with Gasteiger partial charge in [-0.1, -0.05) is 0 Å². The molecule has 0 heterocycles. The van der Waals surface area contributed by atoms with E-state index in [0.29, 0.717) is 0 Å². The third-order valence-corrected chi connectivity index (χ3v) is 2.62. The Morgan fingerprint density at radius 2 is 1.68 bits per heavy atom. The van der Waals surface area contributed by atoms with Gasteiger partial charge in [-0.15, -0.1) is 0 Å². The Bertz CT molecular complexity index is 440. The summed E-state index contributed by atoms with van der Waals surface area (Å²) in [6.45, 7) is 0.307. The van der Waals surface area contributed by atoms with Gasteiger partial charge in [-0.05, 0) is 6.92 Å². The van der Waals surface area contributed by atoms with Crippen LogP contribution in [0.15, 0.2) is 0 Å². The van der Waals surface area contributed by atoms with Crippen LogP contribution in [-0.4, -0.2) is 69.8 Å². The maximum Gasteiger partial charge on any atom is 0.328 e. The van der Waals surface area contributed by atoms with Gasteiger partial charge in [0.25, 0.3) is 0 Å². The molecule has 11 nitrogen and oxygen atoms in total. The monoisotopic (exact) mass is 320 g/mol. The van der Waals surface area contributed by atoms with Crippen molar-refractivity contribution in [2.45, 2.75) is 37.6 Å². The summed E-state index contributed by atoms with van der Waals surface area (Å²) in [4.78, 5) is 44.9. The molecule has 0 unspecified atom stereocenters. The molecule has 0 aromatic rings. The number of carbonyl (C=O) groups is 4. The van der Waals surface area contributed by atoms with Gasteiger partial charge in [-0.2, -0.15) is 0 Å². The minimum Gasteiger partial charge on any atom is -0.480 e. The molecule has 0 rings (SSSR count). The average Bonchev–Trinajstić information content (AvgIpc) is 2.39. The highest BCUT2D eigenvalue weighted by atomic mass is 16.4. The van der Waals surface area contributed by atoms with Crippen LogP contribution in [0.3, 0.4) is 0 Å². The number of primary amides is 1. The van der Waals surface area contributed by atoms with E-state index in [9.17, 15) is 24.3 Å². The van der Waals surface area contributed by atoms with Crippen LogP contribution in [0.25, 0.3) is 0 Å². The molecule has 4 atom stereocenters. The van der Waals surface area contributed by atoms with Gasteiger partial charge in [0.2, 0.25) is 17.7 Å². The van der Waals surface area contributed by atoms with Gasteiger partial charge in [-0.25, -0.2) is 4.79 Å². The number of hydrogen-bond acceptors (Lipinski definition) is 7. The summed E-state index contributed by atoms with van der Waals surface area (Å²) in [6, 6.07) is -4.42. The number of carboxylic acids is 1. The number of aliphatic hydroxyl groups is 2. The summed E-state index contributed by atoms with van der Waals surface area (Å²) < 4.78 is 0. The van der Waals surface area contributed by atoms with Crippen molar-refractivity contribution in [2.24, 2.45) is 11.5 Å². The predicted octanol–water partition coefficient (Wildman–Crippen LogP) is -4.38. The van der Waals surface area contributed by atoms with Crippen molar-refractivity contribution >= 4 is 23.7 Å². The van der Waals surface area contributed by atoms with E-state index < -0.39 is 60.9 Å². The smallest absolute Gasteiger partial charge is 0.328 e. The first-order valence-corrected chi connectivity index (χ1v) is 6.26. The lowest BCUT2D eigenvalue weighted by atomic mass is 10.1. The molecule has 22 heavy (non-hydrogen) atoms. The van der Waals surface area contributed by atoms with E-state index >= 15 is 0 Å². The van der Waals surface area contributed by atoms with Crippen LogP contribution in [0.4, 0.5) is 0 Å². The van der Waals surface area contributed by atoms with Crippen molar-refractivity contribution < 1.29 is 34.5 Å². The molecular weight excluding hydrogens is 300 g/mol. The fourth-order valence-electron chi connectivity index (χ4n) is 1.42. The van der Waals surface area contributed by atoms with Crippen molar-refractivity contribution in [1.29, 1.82) is 0 Å². The van der Waals surface area contributed by atoms with Crippen LogP contribution in [0.1, 0.15) is 13.3 Å². The Kier molecular flexibility index (Phi) is 8.01. The molecule has 0 aliphatic heterocycles. The zero-order chi connectivity index (χ0) is 17.4. The number of rotatable bonds is 9. The molecule has 0 radical (unpaired) electrons. The molecule has 0 aromatic heterocycles. The summed E-state index contributed by atoms with van der Waals surface area (Å²) in [5.74, 6) is -4.27. The molecule has 0 saturated heterocycles. The number of hydrogen-bond donors (Lipinski definition) is 7. The van der Waals surface area contributed by atoms with E-state index in [0.717, 1.165) is 6.92 Å². The third kappa shape index (κ3) is 6.47. The Morgan fingerprint density at radius 3 is 2.05 bits per heavy atom. The zero-order valence-corrected chi connectivity index (χ0v) is 11.9. The molecule has 126 valence electrons. The summed E-state index contributed by atoms with van der Waals surface area (Å²) in [6.07, 6.45) is -1.86. The van der Waals surface area contributed by atoms with Crippen LogP contribution < -0.4 is 22.1 Å². The van der Waals surface area contributed by atoms with E-state index in [-0.39, 0.29) is 0 Å². The number of carboxylic acid groups (broad SMARTS) is 1. The van der Waals surface area contributed by atoms with Crippen LogP contribution in [0.2, 0.25) is 0 Å². The van der Waals surface area contributed by atoms with E-state index in [1.165, 1.54) is 0 Å². The quantitative estimate of drug-likeness (QED) is 0.220. The first kappa shape index (κ1) is 19.8. The average molecular weight is 320 g/mol. The van der Waals surface area contributed by atoms with E-state index in [1.54, 1.807) is 0 Å². The molecule has 0 aliphatic carbocycles. The van der Waals surface area contributed by atoms with Crippen LogP contribution in [0, 0.1) is 0 Å². The molecule has 0 spiro atoms.